The van der Waals surface area contributed by atoms with Crippen LogP contribution in [0.4, 0.5) is 5.69 Å². The lowest BCUT2D eigenvalue weighted by molar-refractivity contribution is -0.122. The number of amides is 1. The van der Waals surface area contributed by atoms with Gasteiger partial charge < -0.3 is 14.6 Å². The van der Waals surface area contributed by atoms with Gasteiger partial charge in [0.05, 0.1) is 0 Å². The van der Waals surface area contributed by atoms with E-state index >= 15 is 0 Å². The van der Waals surface area contributed by atoms with Gasteiger partial charge in [-0.15, -0.1) is 0 Å². The summed E-state index contributed by atoms with van der Waals surface area (Å²) in [6.07, 6.45) is -0.599. The van der Waals surface area contributed by atoms with Crippen molar-refractivity contribution in [3.8, 4) is 5.75 Å². The topological polar surface area (TPSA) is 43.3 Å². The predicted octanol–water partition coefficient (Wildman–Crippen LogP) is 6.15. The molecule has 4 aromatic rings. The molecule has 1 atom stereocenters. The van der Waals surface area contributed by atoms with Gasteiger partial charge in [-0.05, 0) is 81.6 Å². The first-order chi connectivity index (χ1) is 14.4. The summed E-state index contributed by atoms with van der Waals surface area (Å²) in [5.41, 5.74) is 6.51. The Kier molecular flexibility index (Phi) is 5.25. The van der Waals surface area contributed by atoms with Gasteiger partial charge in [-0.25, -0.2) is 0 Å². The quantitative estimate of drug-likeness (QED) is 0.437. The van der Waals surface area contributed by atoms with Crippen molar-refractivity contribution in [1.29, 1.82) is 0 Å². The molecule has 1 amide bonds. The maximum absolute atomic E-state index is 12.8. The summed E-state index contributed by atoms with van der Waals surface area (Å²) in [5.74, 6) is 0.601. The molecule has 30 heavy (non-hydrogen) atoms. The first-order valence-corrected chi connectivity index (χ1v) is 10.5. The first kappa shape index (κ1) is 20.0. The second kappa shape index (κ2) is 7.86. The van der Waals surface area contributed by atoms with Crippen molar-refractivity contribution in [2.24, 2.45) is 0 Å². The number of hydrogen-bond donors (Lipinski definition) is 1. The molecular weight excluding hydrogens is 372 g/mol. The third-order valence-electron chi connectivity index (χ3n) is 5.79. The summed E-state index contributed by atoms with van der Waals surface area (Å²) >= 11 is 0. The van der Waals surface area contributed by atoms with Gasteiger partial charge in [-0.3, -0.25) is 4.79 Å². The highest BCUT2D eigenvalue weighted by Crippen LogP contribution is 2.31. The van der Waals surface area contributed by atoms with Crippen LogP contribution in [-0.2, 0) is 11.3 Å². The Bertz CT molecular complexity index is 1250. The summed E-state index contributed by atoms with van der Waals surface area (Å²) in [6.45, 7) is 10.9. The molecule has 0 bridgehead atoms. The number of nitrogens with one attached hydrogen (secondary N) is 1. The number of carbonyl (C=O) groups is 1. The van der Waals surface area contributed by atoms with Crippen molar-refractivity contribution in [2.75, 3.05) is 5.32 Å². The second-order valence-electron chi connectivity index (χ2n) is 7.95. The maximum atomic E-state index is 12.8. The van der Waals surface area contributed by atoms with E-state index in [0.29, 0.717) is 0 Å². The molecule has 0 fully saturated rings. The van der Waals surface area contributed by atoms with Crippen LogP contribution in [0.15, 0.2) is 54.6 Å². The molecule has 3 aromatic carbocycles. The normalized spacial score (nSPS) is 12.3. The summed E-state index contributed by atoms with van der Waals surface area (Å²) in [6, 6.07) is 18.6. The van der Waals surface area contributed by atoms with E-state index in [2.05, 4.69) is 66.2 Å². The van der Waals surface area contributed by atoms with Crippen LogP contribution in [-0.4, -0.2) is 16.6 Å². The van der Waals surface area contributed by atoms with Crippen LogP contribution in [0.3, 0.4) is 0 Å². The fourth-order valence-corrected chi connectivity index (χ4v) is 4.08. The lowest BCUT2D eigenvalue weighted by atomic mass is 10.1. The number of hydrogen-bond acceptors (Lipinski definition) is 2. The zero-order valence-electron chi connectivity index (χ0n) is 18.2. The molecule has 0 aliphatic carbocycles. The third kappa shape index (κ3) is 3.54. The molecule has 4 rings (SSSR count). The largest absolute Gasteiger partial charge is 0.481 e. The zero-order chi connectivity index (χ0) is 21.4. The summed E-state index contributed by atoms with van der Waals surface area (Å²) in [7, 11) is 0. The highest BCUT2D eigenvalue weighted by atomic mass is 16.5. The van der Waals surface area contributed by atoms with Crippen LogP contribution in [0.2, 0.25) is 0 Å². The molecule has 1 aromatic heterocycles. The molecule has 0 aliphatic rings. The Balaban J connectivity index is 1.59. The van der Waals surface area contributed by atoms with E-state index in [1.165, 1.54) is 16.4 Å². The van der Waals surface area contributed by atoms with Crippen molar-refractivity contribution >= 4 is 33.4 Å². The Morgan fingerprint density at radius 3 is 2.50 bits per heavy atom. The van der Waals surface area contributed by atoms with Crippen LogP contribution in [0.5, 0.6) is 5.75 Å². The van der Waals surface area contributed by atoms with Gasteiger partial charge >= 0.3 is 0 Å². The summed E-state index contributed by atoms with van der Waals surface area (Å²) in [4.78, 5) is 12.8. The van der Waals surface area contributed by atoms with Crippen LogP contribution >= 0.6 is 0 Å². The number of para-hydroxylation sites is 1. The van der Waals surface area contributed by atoms with Gasteiger partial charge in [0.1, 0.15) is 5.75 Å². The molecule has 0 spiro atoms. The molecule has 0 saturated heterocycles. The van der Waals surface area contributed by atoms with Crippen LogP contribution in [0.25, 0.3) is 21.8 Å². The number of rotatable bonds is 5. The predicted molar refractivity (Wildman–Crippen MR) is 124 cm³/mol. The fourth-order valence-electron chi connectivity index (χ4n) is 4.08. The van der Waals surface area contributed by atoms with Gasteiger partial charge in [0, 0.05) is 34.0 Å². The minimum atomic E-state index is -0.599. The average Bonchev–Trinajstić information content (AvgIpc) is 3.04. The number of benzene rings is 3. The Hall–Kier alpha value is -3.27. The number of anilines is 1. The first-order valence-electron chi connectivity index (χ1n) is 10.5. The van der Waals surface area contributed by atoms with E-state index in [0.717, 1.165) is 40.1 Å². The monoisotopic (exact) mass is 400 g/mol. The van der Waals surface area contributed by atoms with Gasteiger partial charge in [0.2, 0.25) is 0 Å². The van der Waals surface area contributed by atoms with Gasteiger partial charge in [0.25, 0.3) is 5.91 Å². The Labute approximate surface area is 177 Å². The Morgan fingerprint density at radius 2 is 1.73 bits per heavy atom. The number of aromatic nitrogens is 1. The van der Waals surface area contributed by atoms with Crippen LogP contribution < -0.4 is 10.1 Å². The zero-order valence-corrected chi connectivity index (χ0v) is 18.2. The van der Waals surface area contributed by atoms with Crippen molar-refractivity contribution in [1.82, 2.24) is 4.57 Å². The van der Waals surface area contributed by atoms with Crippen molar-refractivity contribution < 1.29 is 9.53 Å². The van der Waals surface area contributed by atoms with Gasteiger partial charge in [-0.1, -0.05) is 24.3 Å². The summed E-state index contributed by atoms with van der Waals surface area (Å²) in [5, 5.41) is 5.36. The highest BCUT2D eigenvalue weighted by Gasteiger charge is 2.18. The highest BCUT2D eigenvalue weighted by molar-refractivity contribution is 6.10. The number of nitrogens with zero attached hydrogens (tertiary/aromatic N) is 1. The van der Waals surface area contributed by atoms with E-state index in [-0.39, 0.29) is 5.91 Å². The summed E-state index contributed by atoms with van der Waals surface area (Å²) < 4.78 is 8.30. The van der Waals surface area contributed by atoms with Gasteiger partial charge in [-0.2, -0.15) is 0 Å². The third-order valence-corrected chi connectivity index (χ3v) is 5.79. The maximum Gasteiger partial charge on any atom is 0.265 e. The molecule has 1 heterocycles. The van der Waals surface area contributed by atoms with Crippen LogP contribution in [0.1, 0.15) is 30.5 Å². The second-order valence-corrected chi connectivity index (χ2v) is 7.95. The SMILES string of the molecule is CCn1c2ccccc2c2cc(NC(=O)[C@@H](C)Oc3cc(C)cc(C)c3C)ccc21. The molecule has 0 radical (unpaired) electrons. The molecule has 4 heteroatoms. The minimum Gasteiger partial charge on any atom is -0.481 e. The Morgan fingerprint density at radius 1 is 1.00 bits per heavy atom. The van der Waals surface area contributed by atoms with E-state index in [4.69, 9.17) is 4.74 Å². The lowest BCUT2D eigenvalue weighted by Gasteiger charge is -2.18. The molecule has 1 N–H and O–H groups in total. The smallest absolute Gasteiger partial charge is 0.265 e. The fraction of sp³-hybridized carbons (Fsp3) is 0.269. The number of aryl methyl sites for hydroxylation is 3. The molecular formula is C26H28N2O2. The van der Waals surface area contributed by atoms with Crippen molar-refractivity contribution in [3.63, 3.8) is 0 Å². The lowest BCUT2D eigenvalue weighted by Crippen LogP contribution is -2.30. The van der Waals surface area contributed by atoms with Crippen LogP contribution in [0, 0.1) is 20.8 Å². The standard InChI is InChI=1S/C26H28N2O2/c1-6-28-23-10-8-7-9-21(23)22-15-20(11-12-24(22)28)27-26(29)19(5)30-25-14-16(2)13-17(3)18(25)4/h7-15,19H,6H2,1-5H3,(H,27,29)/t19-/m1/s1. The van der Waals surface area contributed by atoms with E-state index in [9.17, 15) is 4.79 Å². The van der Waals surface area contributed by atoms with Crippen molar-refractivity contribution in [3.05, 3.63) is 71.3 Å². The van der Waals surface area contributed by atoms with E-state index in [1.807, 2.05) is 26.0 Å². The number of fused-ring (bicyclic) bond motifs is 3. The van der Waals surface area contributed by atoms with E-state index in [1.54, 1.807) is 6.92 Å². The number of carbonyl (C=O) groups excluding carboxylic acids is 1. The molecule has 0 aliphatic heterocycles. The molecule has 0 saturated carbocycles. The molecule has 154 valence electrons. The van der Waals surface area contributed by atoms with Crippen molar-refractivity contribution in [2.45, 2.75) is 47.3 Å². The average molecular weight is 401 g/mol. The molecule has 0 unspecified atom stereocenters. The van der Waals surface area contributed by atoms with Gasteiger partial charge in [0.15, 0.2) is 6.10 Å². The van der Waals surface area contributed by atoms with E-state index < -0.39 is 6.10 Å². The minimum absolute atomic E-state index is 0.160. The molecule has 4 nitrogen and oxygen atoms in total. The number of ether oxygens (including phenoxy) is 1.